The fourth-order valence-electron chi connectivity index (χ4n) is 4.79. The van der Waals surface area contributed by atoms with Crippen LogP contribution in [0.2, 0.25) is 0 Å². The number of nitriles is 1. The molecule has 2 aromatic rings. The molecule has 162 valence electrons. The van der Waals surface area contributed by atoms with E-state index in [1.807, 2.05) is 23.9 Å². The largest absolute Gasteiger partial charge is 0.382 e. The molecule has 4 nitrogen and oxygen atoms in total. The minimum Gasteiger partial charge on any atom is -0.382 e. The van der Waals surface area contributed by atoms with Crippen LogP contribution < -0.4 is 5.32 Å². The van der Waals surface area contributed by atoms with Crippen LogP contribution in [0.15, 0.2) is 40.8 Å². The Bertz CT molecular complexity index is 1040. The molecule has 2 aliphatic rings. The second-order valence-electron chi connectivity index (χ2n) is 8.36. The van der Waals surface area contributed by atoms with Crippen LogP contribution in [0.25, 0.3) is 16.5 Å². The number of Topliss-reactive ketones (excluding diaryl/α,β-unsaturated/α-hetero) is 1. The van der Waals surface area contributed by atoms with Crippen molar-refractivity contribution >= 4 is 34.0 Å². The number of hydrogen-bond acceptors (Lipinski definition) is 5. The molecule has 5 heteroatoms. The summed E-state index contributed by atoms with van der Waals surface area (Å²) >= 11 is 1.96. The predicted molar refractivity (Wildman–Crippen MR) is 129 cm³/mol. The van der Waals surface area contributed by atoms with E-state index in [0.29, 0.717) is 23.1 Å². The first kappa shape index (κ1) is 21.9. The van der Waals surface area contributed by atoms with E-state index in [9.17, 15) is 10.1 Å². The summed E-state index contributed by atoms with van der Waals surface area (Å²) in [4.78, 5) is 16.8. The number of carbonyl (C=O) groups is 1. The van der Waals surface area contributed by atoms with E-state index in [2.05, 4.69) is 48.3 Å². The van der Waals surface area contributed by atoms with Gasteiger partial charge in [0.1, 0.15) is 11.6 Å². The highest BCUT2D eigenvalue weighted by atomic mass is 32.2. The minimum absolute atomic E-state index is 0.161. The predicted octanol–water partition coefficient (Wildman–Crippen LogP) is 5.63. The number of allylic oxidation sites excluding steroid dienone is 1. The normalized spacial score (nSPS) is 16.8. The fourth-order valence-corrected chi connectivity index (χ4v) is 6.17. The molecule has 0 aliphatic heterocycles. The van der Waals surface area contributed by atoms with Crippen LogP contribution >= 0.6 is 11.8 Å². The van der Waals surface area contributed by atoms with E-state index in [0.717, 1.165) is 36.0 Å². The van der Waals surface area contributed by atoms with Crippen LogP contribution in [0.3, 0.4) is 0 Å². The highest BCUT2D eigenvalue weighted by molar-refractivity contribution is 8.00. The average molecular weight is 434 g/mol. The Hall–Kier alpha value is -2.29. The summed E-state index contributed by atoms with van der Waals surface area (Å²) in [5.74, 6) is -0.161. The van der Waals surface area contributed by atoms with Gasteiger partial charge in [0, 0.05) is 39.7 Å². The second kappa shape index (κ2) is 9.89. The smallest absolute Gasteiger partial charge is 0.206 e. The number of likely N-dealkylation sites (N-methyl/N-ethyl adjacent to an activating group) is 1. The van der Waals surface area contributed by atoms with Crippen molar-refractivity contribution in [1.29, 1.82) is 5.26 Å². The maximum atomic E-state index is 13.2. The molecule has 0 bridgehead atoms. The van der Waals surface area contributed by atoms with Gasteiger partial charge in [0.15, 0.2) is 0 Å². The molecule has 0 aromatic heterocycles. The third-order valence-corrected chi connectivity index (χ3v) is 7.99. The van der Waals surface area contributed by atoms with Gasteiger partial charge in [-0.2, -0.15) is 5.26 Å². The summed E-state index contributed by atoms with van der Waals surface area (Å²) in [6.45, 7) is 7.86. The Morgan fingerprint density at radius 3 is 2.58 bits per heavy atom. The molecule has 0 spiro atoms. The molecule has 0 unspecified atom stereocenters. The topological polar surface area (TPSA) is 56.1 Å². The number of hydrogen-bond donors (Lipinski definition) is 1. The fraction of sp³-hybridized carbons (Fsp3) is 0.462. The Balaban J connectivity index is 1.71. The number of nitrogens with one attached hydrogen (secondary N) is 1. The first-order chi connectivity index (χ1) is 15.2. The zero-order valence-corrected chi connectivity index (χ0v) is 19.4. The highest BCUT2D eigenvalue weighted by Crippen LogP contribution is 2.42. The Kier molecular flexibility index (Phi) is 6.99. The van der Waals surface area contributed by atoms with Crippen LogP contribution in [-0.2, 0) is 0 Å². The summed E-state index contributed by atoms with van der Waals surface area (Å²) in [6.07, 6.45) is 6.50. The first-order valence-electron chi connectivity index (χ1n) is 11.6. The molecule has 0 saturated heterocycles. The molecule has 0 heterocycles. The number of benzene rings is 2. The van der Waals surface area contributed by atoms with Crippen molar-refractivity contribution in [1.82, 2.24) is 10.2 Å². The summed E-state index contributed by atoms with van der Waals surface area (Å²) < 4.78 is 0. The van der Waals surface area contributed by atoms with Crippen molar-refractivity contribution in [2.24, 2.45) is 0 Å². The lowest BCUT2D eigenvalue weighted by atomic mass is 9.86. The lowest BCUT2D eigenvalue weighted by Gasteiger charge is -2.26. The number of carbonyl (C=O) groups excluding carboxylic acids is 1. The Morgan fingerprint density at radius 2 is 1.87 bits per heavy atom. The maximum absolute atomic E-state index is 13.2. The van der Waals surface area contributed by atoms with Gasteiger partial charge in [0.25, 0.3) is 0 Å². The van der Waals surface area contributed by atoms with Gasteiger partial charge in [-0.25, -0.2) is 0 Å². The van der Waals surface area contributed by atoms with Crippen LogP contribution in [0.4, 0.5) is 0 Å². The van der Waals surface area contributed by atoms with Crippen molar-refractivity contribution < 1.29 is 4.79 Å². The minimum atomic E-state index is -0.161. The van der Waals surface area contributed by atoms with Gasteiger partial charge in [-0.15, -0.1) is 11.8 Å². The summed E-state index contributed by atoms with van der Waals surface area (Å²) in [6, 6.07) is 12.4. The molecular formula is C26H31N3OS. The molecule has 1 saturated carbocycles. The maximum Gasteiger partial charge on any atom is 0.206 e. The van der Waals surface area contributed by atoms with E-state index in [1.54, 1.807) is 0 Å². The molecular weight excluding hydrogens is 402 g/mol. The van der Waals surface area contributed by atoms with Gasteiger partial charge in [0.2, 0.25) is 5.78 Å². The van der Waals surface area contributed by atoms with Crippen molar-refractivity contribution in [2.45, 2.75) is 56.1 Å². The van der Waals surface area contributed by atoms with Crippen molar-refractivity contribution in [3.63, 3.8) is 0 Å². The molecule has 0 radical (unpaired) electrons. The van der Waals surface area contributed by atoms with Crippen LogP contribution in [0.5, 0.6) is 0 Å². The van der Waals surface area contributed by atoms with Crippen LogP contribution in [0, 0.1) is 11.3 Å². The lowest BCUT2D eigenvalue weighted by Crippen LogP contribution is -2.32. The monoisotopic (exact) mass is 433 g/mol. The van der Waals surface area contributed by atoms with Gasteiger partial charge < -0.3 is 10.2 Å². The van der Waals surface area contributed by atoms with Gasteiger partial charge >= 0.3 is 0 Å². The quantitative estimate of drug-likeness (QED) is 0.585. The summed E-state index contributed by atoms with van der Waals surface area (Å²) in [5, 5.41) is 16.0. The van der Waals surface area contributed by atoms with Gasteiger partial charge in [-0.3, -0.25) is 4.79 Å². The molecule has 1 fully saturated rings. The van der Waals surface area contributed by atoms with E-state index < -0.39 is 0 Å². The number of rotatable bonds is 8. The van der Waals surface area contributed by atoms with Crippen LogP contribution in [0.1, 0.15) is 61.9 Å². The highest BCUT2D eigenvalue weighted by Gasteiger charge is 2.29. The van der Waals surface area contributed by atoms with Crippen molar-refractivity contribution in [3.8, 4) is 6.07 Å². The SMILES string of the molecule is CCN(CC)CCNC1=C(C#N)C(=O)c2cccc3c(SC4CCCCC4)ccc1c23. The third kappa shape index (κ3) is 4.37. The summed E-state index contributed by atoms with van der Waals surface area (Å²) in [7, 11) is 0. The standard InChI is InChI=1S/C26H31N3OS/c1-3-29(4-2)16-15-28-25-20-13-14-23(31-18-9-6-5-7-10-18)19-11-8-12-21(24(19)20)26(30)22(25)17-27/h8,11-14,18,28H,3-7,9-10,15-16H2,1-2H3. The average Bonchev–Trinajstić information content (AvgIpc) is 2.81. The molecule has 2 aromatic carbocycles. The van der Waals surface area contributed by atoms with Crippen molar-refractivity contribution in [2.75, 3.05) is 26.2 Å². The summed E-state index contributed by atoms with van der Waals surface area (Å²) in [5.41, 5.74) is 2.56. The number of ketones is 1. The molecule has 0 amide bonds. The molecule has 2 aliphatic carbocycles. The zero-order valence-electron chi connectivity index (χ0n) is 18.5. The van der Waals surface area contributed by atoms with Crippen molar-refractivity contribution in [3.05, 3.63) is 47.0 Å². The van der Waals surface area contributed by atoms with E-state index >= 15 is 0 Å². The van der Waals surface area contributed by atoms with Gasteiger partial charge in [-0.1, -0.05) is 57.4 Å². The first-order valence-corrected chi connectivity index (χ1v) is 12.4. The molecule has 31 heavy (non-hydrogen) atoms. The van der Waals surface area contributed by atoms with Gasteiger partial charge in [-0.05, 0) is 37.4 Å². The third-order valence-electron chi connectivity index (χ3n) is 6.57. The zero-order chi connectivity index (χ0) is 21.8. The van der Waals surface area contributed by atoms with Gasteiger partial charge in [0.05, 0.1) is 5.70 Å². The Morgan fingerprint density at radius 1 is 1.10 bits per heavy atom. The molecule has 1 N–H and O–H groups in total. The number of nitrogens with zero attached hydrogens (tertiary/aromatic N) is 2. The van der Waals surface area contributed by atoms with E-state index in [1.165, 1.54) is 37.0 Å². The Labute approximate surface area is 189 Å². The van der Waals surface area contributed by atoms with E-state index in [4.69, 9.17) is 0 Å². The van der Waals surface area contributed by atoms with Crippen LogP contribution in [-0.4, -0.2) is 42.1 Å². The second-order valence-corrected chi connectivity index (χ2v) is 9.70. The number of thioether (sulfide) groups is 1. The molecule has 4 rings (SSSR count). The lowest BCUT2D eigenvalue weighted by molar-refractivity contribution is 0.104. The van der Waals surface area contributed by atoms with E-state index in [-0.39, 0.29) is 11.4 Å². The molecule has 0 atom stereocenters.